The number of nitrogens with one attached hydrogen (secondary N) is 4. The summed E-state index contributed by atoms with van der Waals surface area (Å²) in [6.07, 6.45) is -3.95. The van der Waals surface area contributed by atoms with E-state index in [-0.39, 0.29) is 47.2 Å². The Morgan fingerprint density at radius 3 is 2.19 bits per heavy atom. The summed E-state index contributed by atoms with van der Waals surface area (Å²) in [5.74, 6) is -0.297. The van der Waals surface area contributed by atoms with E-state index in [9.17, 15) is 27.6 Å². The van der Waals surface area contributed by atoms with Gasteiger partial charge in [-0.2, -0.15) is 13.2 Å². The summed E-state index contributed by atoms with van der Waals surface area (Å²) < 4.78 is 55.1. The number of hydrogen-bond donors (Lipinski definition) is 5. The number of alkyl halides is 3. The average Bonchev–Trinajstić information content (AvgIpc) is 2.82. The van der Waals surface area contributed by atoms with Crippen molar-refractivity contribution < 1.29 is 41.7 Å². The van der Waals surface area contributed by atoms with Gasteiger partial charge in [-0.05, 0) is 20.8 Å². The summed E-state index contributed by atoms with van der Waals surface area (Å²) >= 11 is 1.07. The number of anilines is 2. The molecule has 0 aliphatic rings. The Morgan fingerprint density at radius 1 is 0.977 bits per heavy atom. The van der Waals surface area contributed by atoms with Crippen molar-refractivity contribution in [1.29, 1.82) is 5.26 Å². The number of thioether (sulfide) groups is 1. The predicted octanol–water partition coefficient (Wildman–Crippen LogP) is 4.33. The molecule has 0 saturated carbocycles. The zero-order valence-electron chi connectivity index (χ0n) is 25.0. The van der Waals surface area contributed by atoms with Crippen LogP contribution in [0.1, 0.15) is 66.4 Å². The monoisotopic (exact) mass is 630 g/mol. The molecule has 3 amide bonds. The normalized spacial score (nSPS) is 11.9. The van der Waals surface area contributed by atoms with E-state index in [0.717, 1.165) is 31.0 Å². The van der Waals surface area contributed by atoms with Gasteiger partial charge in [0.2, 0.25) is 0 Å². The molecule has 1 aromatic carbocycles. The number of benzene rings is 1. The Balaban J connectivity index is 2.76. The third-order valence-corrected chi connectivity index (χ3v) is 5.90. The topological polar surface area (TPSA) is 177 Å². The van der Waals surface area contributed by atoms with Crippen molar-refractivity contribution in [2.75, 3.05) is 29.9 Å². The second-order valence-corrected chi connectivity index (χ2v) is 12.1. The molecule has 0 aliphatic heterocycles. The number of nitrogens with two attached hydrogens (primary N) is 1. The van der Waals surface area contributed by atoms with Gasteiger partial charge in [-0.3, -0.25) is 0 Å². The quantitative estimate of drug-likeness (QED) is 0.0693. The minimum absolute atomic E-state index is 0.0324. The molecular formula is C26H38BF3N6O6S. The molecule has 0 atom stereocenters. The van der Waals surface area contributed by atoms with E-state index < -0.39 is 41.0 Å². The number of rotatable bonds is 13. The Hall–Kier alpha value is -3.81. The number of ether oxygens (including phenoxy) is 2. The van der Waals surface area contributed by atoms with E-state index in [4.69, 9.17) is 20.5 Å². The van der Waals surface area contributed by atoms with Gasteiger partial charge >= 0.3 is 193 Å². The third-order valence-electron chi connectivity index (χ3n) is 4.75. The molecule has 43 heavy (non-hydrogen) atoms. The van der Waals surface area contributed by atoms with Crippen molar-refractivity contribution in [2.24, 2.45) is 0 Å². The molecule has 1 aromatic rings. The van der Waals surface area contributed by atoms with E-state index in [1.165, 1.54) is 6.26 Å². The van der Waals surface area contributed by atoms with Gasteiger partial charge in [0.15, 0.2) is 0 Å². The number of carbonyl (C=O) groups is 3. The number of halogens is 3. The number of amides is 3. The van der Waals surface area contributed by atoms with Crippen molar-refractivity contribution >= 4 is 54.1 Å². The summed E-state index contributed by atoms with van der Waals surface area (Å²) in [6, 6.07) is 1.60. The molecule has 0 spiro atoms. The van der Waals surface area contributed by atoms with Crippen LogP contribution in [0.3, 0.4) is 0 Å². The number of carbonyl (C=O) groups excluding carboxylic acids is 3. The van der Waals surface area contributed by atoms with Crippen LogP contribution in [0.4, 0.5) is 34.1 Å². The molecule has 17 heteroatoms. The zero-order chi connectivity index (χ0) is 32.8. The van der Waals surface area contributed by atoms with Crippen LogP contribution in [0.25, 0.3) is 0 Å². The molecule has 6 N–H and O–H groups in total. The fourth-order valence-corrected chi connectivity index (χ4v) is 4.05. The average molecular weight is 630 g/mol. The van der Waals surface area contributed by atoms with E-state index in [0.29, 0.717) is 12.8 Å². The summed E-state index contributed by atoms with van der Waals surface area (Å²) in [7, 11) is 0.983. The number of nitrogens with zero attached hydrogens (tertiary/aromatic N) is 1. The van der Waals surface area contributed by atoms with Gasteiger partial charge in [-0.25, -0.2) is 4.79 Å². The number of nitriles is 1. The fraction of sp³-hybridized carbons (Fsp3) is 0.577. The van der Waals surface area contributed by atoms with Gasteiger partial charge in [0, 0.05) is 6.54 Å². The van der Waals surface area contributed by atoms with Crippen molar-refractivity contribution in [3.8, 4) is 6.26 Å². The molecule has 0 radical (unpaired) electrons. The van der Waals surface area contributed by atoms with E-state index in [1.807, 2.05) is 0 Å². The molecule has 1 rings (SSSR count). The van der Waals surface area contributed by atoms with Crippen molar-refractivity contribution in [1.82, 2.24) is 16.0 Å². The first-order valence-corrected chi connectivity index (χ1v) is 14.2. The molecule has 0 heterocycles. The SMILES string of the molecule is CC(C)(C)OC(=O)NCCSc1c(N)cc(C(F)(F)F)cc1NC(=O)CCCCNC(=BOC#N)NC(=O)OC(C)(C)C. The Labute approximate surface area is 253 Å². The van der Waals surface area contributed by atoms with Crippen LogP contribution in [0.15, 0.2) is 17.0 Å². The van der Waals surface area contributed by atoms with Gasteiger partial charge in [-0.1, -0.05) is 0 Å². The van der Waals surface area contributed by atoms with Crippen molar-refractivity contribution in [3.05, 3.63) is 17.7 Å². The first kappa shape index (κ1) is 37.2. The van der Waals surface area contributed by atoms with Crippen LogP contribution >= 0.6 is 11.8 Å². The maximum atomic E-state index is 13.4. The van der Waals surface area contributed by atoms with Gasteiger partial charge in [0.05, 0.1) is 0 Å². The van der Waals surface area contributed by atoms with Gasteiger partial charge in [0.25, 0.3) is 0 Å². The Bertz CT molecular complexity index is 1200. The number of alkyl carbamates (subject to hydrolysis) is 2. The first-order chi connectivity index (χ1) is 19.8. The standard InChI is InChI=1S/C26H38BF3N6O6S/c1-24(2,3)41-22(38)34-11-12-43-20-17(32)13-16(26(28,29)30)14-18(20)35-19(37)9-7-8-10-33-21(27-40-15-31)36-23(39)42-25(4,5)6/h13-14,33H,7-12,32H2,1-6H3,(H,34,38)(H,35,37)(H,36,39). The second kappa shape index (κ2) is 16.7. The predicted molar refractivity (Wildman–Crippen MR) is 158 cm³/mol. The van der Waals surface area contributed by atoms with Crippen LogP contribution in [0.2, 0.25) is 0 Å². The van der Waals surface area contributed by atoms with Crippen LogP contribution in [-0.4, -0.2) is 61.0 Å². The Morgan fingerprint density at radius 2 is 1.60 bits per heavy atom. The molecular weight excluding hydrogens is 592 g/mol. The van der Waals surface area contributed by atoms with E-state index in [1.54, 1.807) is 41.5 Å². The third kappa shape index (κ3) is 16.4. The molecule has 0 fully saturated rings. The number of nitrogen functional groups attached to an aromatic ring is 1. The van der Waals surface area contributed by atoms with Crippen LogP contribution in [0, 0.1) is 11.5 Å². The summed E-state index contributed by atoms with van der Waals surface area (Å²) in [5, 5.41) is 18.9. The summed E-state index contributed by atoms with van der Waals surface area (Å²) in [6.45, 7) is 10.6. The van der Waals surface area contributed by atoms with E-state index >= 15 is 0 Å². The minimum atomic E-state index is -4.69. The van der Waals surface area contributed by atoms with Gasteiger partial charge in [0.1, 0.15) is 5.60 Å². The number of hydrogen-bond acceptors (Lipinski definition) is 10. The van der Waals surface area contributed by atoms with Crippen LogP contribution in [-0.2, 0) is 25.1 Å². The summed E-state index contributed by atoms with van der Waals surface area (Å²) in [5.41, 5.74) is 3.25. The van der Waals surface area contributed by atoms with E-state index in [2.05, 4.69) is 25.9 Å². The summed E-state index contributed by atoms with van der Waals surface area (Å²) in [4.78, 5) is 36.7. The van der Waals surface area contributed by atoms with Gasteiger partial charge in [-0.15, -0.1) is 0 Å². The second-order valence-electron chi connectivity index (χ2n) is 11.0. The zero-order valence-corrected chi connectivity index (χ0v) is 25.8. The molecule has 238 valence electrons. The van der Waals surface area contributed by atoms with Crippen LogP contribution < -0.4 is 27.0 Å². The van der Waals surface area contributed by atoms with Crippen molar-refractivity contribution in [2.45, 2.75) is 83.1 Å². The van der Waals surface area contributed by atoms with Crippen LogP contribution in [0.5, 0.6) is 0 Å². The molecule has 0 bridgehead atoms. The van der Waals surface area contributed by atoms with Gasteiger partial charge < -0.3 is 10.1 Å². The molecule has 0 aliphatic carbocycles. The van der Waals surface area contributed by atoms with Crippen molar-refractivity contribution in [3.63, 3.8) is 0 Å². The Kier molecular flexibility index (Phi) is 14.5. The number of unbranched alkanes of at least 4 members (excludes halogenated alkanes) is 1. The maximum absolute atomic E-state index is 13.4. The molecule has 0 saturated heterocycles. The fourth-order valence-electron chi connectivity index (χ4n) is 3.15. The molecule has 0 aromatic heterocycles. The molecule has 0 unspecified atom stereocenters. The molecule has 12 nitrogen and oxygen atoms in total. The first-order valence-electron chi connectivity index (χ1n) is 13.2.